The second kappa shape index (κ2) is 5.40. The molecule has 0 unspecified atom stereocenters. The Morgan fingerprint density at radius 3 is 2.74 bits per heavy atom. The number of Topliss-reactive ketones (excluding diaryl/α,β-unsaturated/α-hetero) is 1. The Bertz CT molecular complexity index is 600. The van der Waals surface area contributed by atoms with Crippen LogP contribution >= 0.6 is 11.3 Å². The van der Waals surface area contributed by atoms with Crippen LogP contribution in [-0.2, 0) is 6.42 Å². The molecule has 100 valence electrons. The van der Waals surface area contributed by atoms with E-state index in [-0.39, 0.29) is 12.2 Å². The van der Waals surface area contributed by atoms with Gasteiger partial charge in [-0.05, 0) is 32.0 Å². The lowest BCUT2D eigenvalue weighted by molar-refractivity contribution is 0.0993. The quantitative estimate of drug-likeness (QED) is 0.689. The molecule has 2 aromatic rings. The zero-order chi connectivity index (χ0) is 14.0. The summed E-state index contributed by atoms with van der Waals surface area (Å²) in [5.41, 5.74) is 7.78. The van der Waals surface area contributed by atoms with Gasteiger partial charge in [-0.1, -0.05) is 0 Å². The molecule has 5 heteroatoms. The average molecular weight is 276 g/mol. The number of ketones is 1. The van der Waals surface area contributed by atoms with E-state index in [9.17, 15) is 4.79 Å². The number of hydrogen-bond donors (Lipinski definition) is 1. The van der Waals surface area contributed by atoms with E-state index < -0.39 is 0 Å². The number of aryl methyl sites for hydroxylation is 2. The molecule has 2 N–H and O–H groups in total. The van der Waals surface area contributed by atoms with Gasteiger partial charge >= 0.3 is 0 Å². The van der Waals surface area contributed by atoms with Crippen LogP contribution in [0.15, 0.2) is 18.2 Å². The fourth-order valence-electron chi connectivity index (χ4n) is 1.75. The smallest absolute Gasteiger partial charge is 0.171 e. The van der Waals surface area contributed by atoms with Crippen molar-refractivity contribution in [2.75, 3.05) is 12.8 Å². The minimum absolute atomic E-state index is 0.0369. The van der Waals surface area contributed by atoms with Crippen molar-refractivity contribution >= 4 is 22.8 Å². The summed E-state index contributed by atoms with van der Waals surface area (Å²) in [6.07, 6.45) is 0.275. The molecular formula is C14H16N2O2S. The number of aromatic nitrogens is 1. The SMILES string of the molecule is COc1ccc(N)c(C(=O)Cc2nc(C)c(C)s2)c1. The first-order valence-electron chi connectivity index (χ1n) is 5.91. The van der Waals surface area contributed by atoms with Crippen LogP contribution in [-0.4, -0.2) is 17.9 Å². The number of nitrogen functional groups attached to an aromatic ring is 1. The van der Waals surface area contributed by atoms with Gasteiger partial charge in [0, 0.05) is 16.1 Å². The Labute approximate surface area is 116 Å². The molecule has 0 aliphatic rings. The van der Waals surface area contributed by atoms with Gasteiger partial charge in [0.05, 0.1) is 19.2 Å². The van der Waals surface area contributed by atoms with Crippen LogP contribution in [0.5, 0.6) is 5.75 Å². The van der Waals surface area contributed by atoms with E-state index in [2.05, 4.69) is 4.98 Å². The molecule has 0 bridgehead atoms. The molecule has 0 spiro atoms. The van der Waals surface area contributed by atoms with Crippen molar-refractivity contribution in [3.05, 3.63) is 39.3 Å². The van der Waals surface area contributed by atoms with E-state index in [1.807, 2.05) is 13.8 Å². The van der Waals surface area contributed by atoms with Crippen molar-refractivity contribution in [2.45, 2.75) is 20.3 Å². The van der Waals surface area contributed by atoms with E-state index in [1.165, 1.54) is 0 Å². The minimum atomic E-state index is -0.0369. The maximum atomic E-state index is 12.3. The standard InChI is InChI=1S/C14H16N2O2S/c1-8-9(2)19-14(16-8)7-13(17)11-6-10(18-3)4-5-12(11)15/h4-6H,7,15H2,1-3H3. The van der Waals surface area contributed by atoms with E-state index in [0.717, 1.165) is 15.6 Å². The fraction of sp³-hybridized carbons (Fsp3) is 0.286. The van der Waals surface area contributed by atoms with Crippen LogP contribution < -0.4 is 10.5 Å². The van der Waals surface area contributed by atoms with Crippen LogP contribution in [0.3, 0.4) is 0 Å². The minimum Gasteiger partial charge on any atom is -0.497 e. The summed E-state index contributed by atoms with van der Waals surface area (Å²) < 4.78 is 5.11. The number of nitrogens with two attached hydrogens (primary N) is 1. The average Bonchev–Trinajstić information content (AvgIpc) is 2.68. The van der Waals surface area contributed by atoms with Crippen LogP contribution in [0.2, 0.25) is 0 Å². The molecular weight excluding hydrogens is 260 g/mol. The topological polar surface area (TPSA) is 65.2 Å². The van der Waals surface area contributed by atoms with Gasteiger partial charge in [0.25, 0.3) is 0 Å². The van der Waals surface area contributed by atoms with Crippen LogP contribution in [0.4, 0.5) is 5.69 Å². The lowest BCUT2D eigenvalue weighted by Gasteiger charge is -2.06. The first-order chi connectivity index (χ1) is 9.01. The molecule has 0 atom stereocenters. The zero-order valence-electron chi connectivity index (χ0n) is 11.2. The maximum absolute atomic E-state index is 12.3. The molecule has 4 nitrogen and oxygen atoms in total. The molecule has 1 aromatic carbocycles. The molecule has 1 aromatic heterocycles. The molecule has 0 aliphatic carbocycles. The molecule has 19 heavy (non-hydrogen) atoms. The first kappa shape index (κ1) is 13.5. The van der Waals surface area contributed by atoms with E-state index in [4.69, 9.17) is 10.5 Å². The van der Waals surface area contributed by atoms with Gasteiger partial charge in [0.2, 0.25) is 0 Å². The summed E-state index contributed by atoms with van der Waals surface area (Å²) in [5.74, 6) is 0.592. The van der Waals surface area contributed by atoms with E-state index >= 15 is 0 Å². The Hall–Kier alpha value is -1.88. The van der Waals surface area contributed by atoms with Crippen molar-refractivity contribution in [2.24, 2.45) is 0 Å². The Morgan fingerprint density at radius 1 is 1.42 bits per heavy atom. The third-order valence-corrected chi connectivity index (χ3v) is 4.02. The first-order valence-corrected chi connectivity index (χ1v) is 6.72. The second-order valence-corrected chi connectivity index (χ2v) is 5.59. The van der Waals surface area contributed by atoms with Gasteiger partial charge in [-0.3, -0.25) is 4.79 Å². The third kappa shape index (κ3) is 2.93. The Kier molecular flexibility index (Phi) is 3.85. The maximum Gasteiger partial charge on any atom is 0.171 e. The highest BCUT2D eigenvalue weighted by Gasteiger charge is 2.14. The molecule has 2 rings (SSSR count). The van der Waals surface area contributed by atoms with Crippen LogP contribution in [0, 0.1) is 13.8 Å². The number of nitrogens with zero attached hydrogens (tertiary/aromatic N) is 1. The lowest BCUT2D eigenvalue weighted by Crippen LogP contribution is -2.07. The molecule has 0 fully saturated rings. The normalized spacial score (nSPS) is 10.5. The molecule has 0 aliphatic heterocycles. The molecule has 0 amide bonds. The van der Waals surface area contributed by atoms with Crippen molar-refractivity contribution < 1.29 is 9.53 Å². The number of methoxy groups -OCH3 is 1. The van der Waals surface area contributed by atoms with Crippen molar-refractivity contribution in [1.29, 1.82) is 0 Å². The van der Waals surface area contributed by atoms with Crippen molar-refractivity contribution in [3.63, 3.8) is 0 Å². The molecule has 0 saturated heterocycles. The summed E-state index contributed by atoms with van der Waals surface area (Å²) in [6.45, 7) is 3.95. The van der Waals surface area contributed by atoms with E-state index in [1.54, 1.807) is 36.6 Å². The lowest BCUT2D eigenvalue weighted by atomic mass is 10.1. The number of rotatable bonds is 4. The summed E-state index contributed by atoms with van der Waals surface area (Å²) >= 11 is 1.55. The van der Waals surface area contributed by atoms with Gasteiger partial charge in [-0.25, -0.2) is 4.98 Å². The molecule has 0 radical (unpaired) electrons. The van der Waals surface area contributed by atoms with Crippen LogP contribution in [0.1, 0.15) is 25.9 Å². The third-order valence-electron chi connectivity index (χ3n) is 2.95. The summed E-state index contributed by atoms with van der Waals surface area (Å²) in [6, 6.07) is 5.10. The van der Waals surface area contributed by atoms with Gasteiger partial charge in [-0.2, -0.15) is 0 Å². The number of hydrogen-bond acceptors (Lipinski definition) is 5. The summed E-state index contributed by atoms with van der Waals surface area (Å²) in [5, 5.41) is 0.821. The Morgan fingerprint density at radius 2 is 2.16 bits per heavy atom. The van der Waals surface area contributed by atoms with Crippen LogP contribution in [0.25, 0.3) is 0 Å². The number of benzene rings is 1. The summed E-state index contributed by atoms with van der Waals surface area (Å²) in [4.78, 5) is 17.8. The Balaban J connectivity index is 2.24. The number of thiazole rings is 1. The second-order valence-electron chi connectivity index (χ2n) is 4.30. The van der Waals surface area contributed by atoms with E-state index in [0.29, 0.717) is 17.0 Å². The number of carbonyl (C=O) groups is 1. The summed E-state index contributed by atoms with van der Waals surface area (Å²) in [7, 11) is 1.56. The number of anilines is 1. The number of carbonyl (C=O) groups excluding carboxylic acids is 1. The van der Waals surface area contributed by atoms with Gasteiger partial charge in [0.15, 0.2) is 5.78 Å². The van der Waals surface area contributed by atoms with Crippen molar-refractivity contribution in [3.8, 4) is 5.75 Å². The predicted octanol–water partition coefficient (Wildman–Crippen LogP) is 2.78. The van der Waals surface area contributed by atoms with Gasteiger partial charge in [0.1, 0.15) is 10.8 Å². The zero-order valence-corrected chi connectivity index (χ0v) is 12.0. The fourth-order valence-corrected chi connectivity index (χ4v) is 2.68. The predicted molar refractivity (Wildman–Crippen MR) is 77.0 cm³/mol. The van der Waals surface area contributed by atoms with Crippen molar-refractivity contribution in [1.82, 2.24) is 4.98 Å². The highest BCUT2D eigenvalue weighted by atomic mass is 32.1. The molecule has 1 heterocycles. The highest BCUT2D eigenvalue weighted by molar-refractivity contribution is 7.11. The number of ether oxygens (including phenoxy) is 1. The highest BCUT2D eigenvalue weighted by Crippen LogP contribution is 2.23. The molecule has 0 saturated carbocycles. The largest absolute Gasteiger partial charge is 0.497 e. The van der Waals surface area contributed by atoms with Gasteiger partial charge in [-0.15, -0.1) is 11.3 Å². The van der Waals surface area contributed by atoms with Gasteiger partial charge < -0.3 is 10.5 Å². The monoisotopic (exact) mass is 276 g/mol.